The van der Waals surface area contributed by atoms with E-state index in [-0.39, 0.29) is 12.6 Å². The van der Waals surface area contributed by atoms with Crippen LogP contribution in [-0.2, 0) is 13.0 Å². The largest absolute Gasteiger partial charge is 0.395 e. The second-order valence-electron chi connectivity index (χ2n) is 6.59. The summed E-state index contributed by atoms with van der Waals surface area (Å²) in [6.07, 6.45) is -1.17. The molecule has 0 saturated carbocycles. The molecule has 0 radical (unpaired) electrons. The average molecular weight is 327 g/mol. The van der Waals surface area contributed by atoms with E-state index in [9.17, 15) is 15.3 Å². The summed E-state index contributed by atoms with van der Waals surface area (Å²) < 4.78 is 0. The fourth-order valence-electron chi connectivity index (χ4n) is 3.62. The first-order valence-corrected chi connectivity index (χ1v) is 8.43. The third-order valence-corrected chi connectivity index (χ3v) is 5.08. The van der Waals surface area contributed by atoms with E-state index in [0.717, 1.165) is 11.1 Å². The van der Waals surface area contributed by atoms with E-state index in [0.29, 0.717) is 13.0 Å². The molecule has 0 amide bonds. The average Bonchev–Trinajstić information content (AvgIpc) is 2.82. The minimum absolute atomic E-state index is 0.171. The Labute approximate surface area is 143 Å². The van der Waals surface area contributed by atoms with Crippen LogP contribution >= 0.6 is 0 Å². The lowest BCUT2D eigenvalue weighted by atomic mass is 10.0. The van der Waals surface area contributed by atoms with Crippen molar-refractivity contribution in [3.8, 4) is 0 Å². The van der Waals surface area contributed by atoms with Gasteiger partial charge < -0.3 is 15.3 Å². The summed E-state index contributed by atoms with van der Waals surface area (Å²) in [5.74, 6) is 0. The highest BCUT2D eigenvalue weighted by Gasteiger charge is 2.46. The Balaban J connectivity index is 1.87. The first-order valence-electron chi connectivity index (χ1n) is 8.43. The molecule has 3 N–H and O–H groups in total. The highest BCUT2D eigenvalue weighted by atomic mass is 16.3. The Hall–Kier alpha value is -1.72. The second kappa shape index (κ2) is 7.45. The van der Waals surface area contributed by atoms with Crippen molar-refractivity contribution >= 4 is 0 Å². The number of likely N-dealkylation sites (tertiary alicyclic amines) is 1. The van der Waals surface area contributed by atoms with Gasteiger partial charge in [-0.1, -0.05) is 54.6 Å². The number of hydrogen-bond donors (Lipinski definition) is 3. The van der Waals surface area contributed by atoms with Gasteiger partial charge in [-0.15, -0.1) is 0 Å². The first-order chi connectivity index (χ1) is 11.6. The summed E-state index contributed by atoms with van der Waals surface area (Å²) in [5.41, 5.74) is 3.43. The van der Waals surface area contributed by atoms with Gasteiger partial charge in [0.25, 0.3) is 0 Å². The van der Waals surface area contributed by atoms with E-state index in [4.69, 9.17) is 0 Å². The molecular formula is C20H25NO3. The van der Waals surface area contributed by atoms with Crippen LogP contribution in [0.2, 0.25) is 0 Å². The van der Waals surface area contributed by atoms with Crippen LogP contribution in [0.15, 0.2) is 54.6 Å². The summed E-state index contributed by atoms with van der Waals surface area (Å²) in [6.45, 7) is 2.48. The van der Waals surface area contributed by atoms with Gasteiger partial charge >= 0.3 is 0 Å². The summed E-state index contributed by atoms with van der Waals surface area (Å²) in [6, 6.07) is 17.4. The highest BCUT2D eigenvalue weighted by Crippen LogP contribution is 2.30. The maximum absolute atomic E-state index is 10.5. The van der Waals surface area contributed by atoms with E-state index in [1.807, 2.05) is 47.4 Å². The molecule has 2 aromatic rings. The summed E-state index contributed by atoms with van der Waals surface area (Å²) in [5, 5.41) is 30.7. The van der Waals surface area contributed by atoms with Crippen molar-refractivity contribution in [3.63, 3.8) is 0 Å². The van der Waals surface area contributed by atoms with Gasteiger partial charge in [-0.05, 0) is 30.0 Å². The molecule has 2 aromatic carbocycles. The van der Waals surface area contributed by atoms with Gasteiger partial charge in [0.15, 0.2) is 0 Å². The number of rotatable bonds is 5. The molecule has 1 aliphatic rings. The lowest BCUT2D eigenvalue weighted by Crippen LogP contribution is -2.41. The monoisotopic (exact) mass is 327 g/mol. The molecular weight excluding hydrogens is 302 g/mol. The molecule has 1 aliphatic heterocycles. The van der Waals surface area contributed by atoms with Crippen molar-refractivity contribution in [3.05, 3.63) is 71.3 Å². The Morgan fingerprint density at radius 3 is 2.17 bits per heavy atom. The van der Waals surface area contributed by atoms with Gasteiger partial charge in [0, 0.05) is 12.6 Å². The number of aliphatic hydroxyl groups is 3. The smallest absolute Gasteiger partial charge is 0.0991 e. The minimum atomic E-state index is -0.937. The van der Waals surface area contributed by atoms with Gasteiger partial charge in [-0.3, -0.25) is 4.90 Å². The van der Waals surface area contributed by atoms with Gasteiger partial charge in [0.1, 0.15) is 0 Å². The molecule has 0 bridgehead atoms. The van der Waals surface area contributed by atoms with Gasteiger partial charge in [-0.2, -0.15) is 0 Å². The SMILES string of the molecule is Cc1ccccc1CN1[C@H](CO)[C@@H](O)[C@@H](O)[C@@H]1Cc1ccccc1. The zero-order chi connectivity index (χ0) is 17.1. The summed E-state index contributed by atoms with van der Waals surface area (Å²) >= 11 is 0. The van der Waals surface area contributed by atoms with Crippen molar-refractivity contribution in [1.29, 1.82) is 0 Å². The molecule has 0 aromatic heterocycles. The van der Waals surface area contributed by atoms with Crippen LogP contribution < -0.4 is 0 Å². The predicted octanol–water partition coefficient (Wildman–Crippen LogP) is 1.50. The molecule has 0 unspecified atom stereocenters. The van der Waals surface area contributed by atoms with E-state index >= 15 is 0 Å². The van der Waals surface area contributed by atoms with Crippen molar-refractivity contribution in [2.24, 2.45) is 0 Å². The molecule has 4 nitrogen and oxygen atoms in total. The Bertz CT molecular complexity index is 661. The topological polar surface area (TPSA) is 63.9 Å². The zero-order valence-corrected chi connectivity index (χ0v) is 13.9. The number of nitrogens with zero attached hydrogens (tertiary/aromatic N) is 1. The fourth-order valence-corrected chi connectivity index (χ4v) is 3.62. The second-order valence-corrected chi connectivity index (χ2v) is 6.59. The Morgan fingerprint density at radius 2 is 1.50 bits per heavy atom. The van der Waals surface area contributed by atoms with Crippen molar-refractivity contribution < 1.29 is 15.3 Å². The van der Waals surface area contributed by atoms with Crippen LogP contribution in [0.1, 0.15) is 16.7 Å². The van der Waals surface area contributed by atoms with Crippen molar-refractivity contribution in [2.45, 2.75) is 44.2 Å². The zero-order valence-electron chi connectivity index (χ0n) is 13.9. The number of aryl methyl sites for hydroxylation is 1. The summed E-state index contributed by atoms with van der Waals surface area (Å²) in [7, 11) is 0. The van der Waals surface area contributed by atoms with Gasteiger partial charge in [0.2, 0.25) is 0 Å². The van der Waals surface area contributed by atoms with E-state index in [1.54, 1.807) is 0 Å². The minimum Gasteiger partial charge on any atom is -0.395 e. The van der Waals surface area contributed by atoms with E-state index in [2.05, 4.69) is 19.1 Å². The normalized spacial score (nSPS) is 27.5. The van der Waals surface area contributed by atoms with Crippen LogP contribution in [0.4, 0.5) is 0 Å². The number of hydrogen-bond acceptors (Lipinski definition) is 4. The van der Waals surface area contributed by atoms with Crippen molar-refractivity contribution in [1.82, 2.24) is 4.90 Å². The quantitative estimate of drug-likeness (QED) is 0.779. The Morgan fingerprint density at radius 1 is 0.875 bits per heavy atom. The van der Waals surface area contributed by atoms with Crippen LogP contribution in [-0.4, -0.2) is 51.1 Å². The molecule has 1 fully saturated rings. The third kappa shape index (κ3) is 3.37. The van der Waals surface area contributed by atoms with Gasteiger partial charge in [0.05, 0.1) is 24.9 Å². The molecule has 1 saturated heterocycles. The lowest BCUT2D eigenvalue weighted by Gasteiger charge is -2.30. The Kier molecular flexibility index (Phi) is 5.31. The van der Waals surface area contributed by atoms with Gasteiger partial charge in [-0.25, -0.2) is 0 Å². The molecule has 0 spiro atoms. The van der Waals surface area contributed by atoms with Crippen LogP contribution in [0.5, 0.6) is 0 Å². The maximum Gasteiger partial charge on any atom is 0.0991 e. The van der Waals surface area contributed by atoms with Crippen molar-refractivity contribution in [2.75, 3.05) is 6.61 Å². The standard InChI is InChI=1S/C20H25NO3/c1-14-7-5-6-10-16(14)12-21-17(11-15-8-3-2-4-9-15)19(23)20(24)18(21)13-22/h2-10,17-20,22-24H,11-13H2,1H3/t17-,18+,19-,20+/m0/s1. The summed E-state index contributed by atoms with van der Waals surface area (Å²) in [4.78, 5) is 2.05. The fraction of sp³-hybridized carbons (Fsp3) is 0.400. The predicted molar refractivity (Wildman–Crippen MR) is 93.5 cm³/mol. The highest BCUT2D eigenvalue weighted by molar-refractivity contribution is 5.26. The molecule has 4 heteroatoms. The lowest BCUT2D eigenvalue weighted by molar-refractivity contribution is 0.0178. The van der Waals surface area contributed by atoms with Crippen LogP contribution in [0.25, 0.3) is 0 Å². The molecule has 4 atom stereocenters. The molecule has 1 heterocycles. The van der Waals surface area contributed by atoms with E-state index < -0.39 is 18.2 Å². The molecule has 24 heavy (non-hydrogen) atoms. The molecule has 3 rings (SSSR count). The maximum atomic E-state index is 10.5. The molecule has 0 aliphatic carbocycles. The number of benzene rings is 2. The van der Waals surface area contributed by atoms with E-state index in [1.165, 1.54) is 5.56 Å². The third-order valence-electron chi connectivity index (χ3n) is 5.08. The number of aliphatic hydroxyl groups excluding tert-OH is 3. The van der Waals surface area contributed by atoms with Crippen LogP contribution in [0.3, 0.4) is 0 Å². The van der Waals surface area contributed by atoms with Crippen LogP contribution in [0, 0.1) is 6.92 Å². The first kappa shape index (κ1) is 17.1. The molecule has 128 valence electrons.